The van der Waals surface area contributed by atoms with Gasteiger partial charge in [0.2, 0.25) is 5.91 Å². The van der Waals surface area contributed by atoms with Gasteiger partial charge >= 0.3 is 6.18 Å². The Morgan fingerprint density at radius 1 is 1.38 bits per heavy atom. The molecule has 3 nitrogen and oxygen atoms in total. The van der Waals surface area contributed by atoms with Crippen LogP contribution in [0.3, 0.4) is 0 Å². The largest absolute Gasteiger partial charge is 0.389 e. The van der Waals surface area contributed by atoms with E-state index in [1.165, 1.54) is 31.3 Å². The number of rotatable bonds is 3. The van der Waals surface area contributed by atoms with E-state index in [0.717, 1.165) is 0 Å². The van der Waals surface area contributed by atoms with Gasteiger partial charge in [-0.2, -0.15) is 13.2 Å². The van der Waals surface area contributed by atoms with E-state index in [1.807, 2.05) is 0 Å². The first-order valence-electron chi connectivity index (χ1n) is 6.18. The number of carbonyl (C=O) groups is 1. The lowest BCUT2D eigenvalue weighted by molar-refractivity contribution is -0.150. The van der Waals surface area contributed by atoms with E-state index >= 15 is 0 Å². The van der Waals surface area contributed by atoms with Gasteiger partial charge in [-0.1, -0.05) is 19.1 Å². The van der Waals surface area contributed by atoms with Crippen LogP contribution >= 0.6 is 0 Å². The number of nitrogens with zero attached hydrogens (tertiary/aromatic N) is 1. The van der Waals surface area contributed by atoms with Gasteiger partial charge in [-0.15, -0.1) is 0 Å². The van der Waals surface area contributed by atoms with E-state index in [2.05, 4.69) is 10.3 Å². The molecule has 0 radical (unpaired) electrons. The van der Waals surface area contributed by atoms with Crippen LogP contribution in [0.1, 0.15) is 13.3 Å². The highest BCUT2D eigenvalue weighted by Gasteiger charge is 2.32. The molecule has 0 aliphatic carbocycles. The summed E-state index contributed by atoms with van der Waals surface area (Å²) in [6.45, 7) is 1.19. The summed E-state index contributed by atoms with van der Waals surface area (Å²) in [5.74, 6) is -2.48. The Morgan fingerprint density at radius 2 is 2.10 bits per heavy atom. The number of benzene rings is 1. The average Bonchev–Trinajstić information content (AvgIpc) is 2.36. The molecular formula is C14H12F4N2O. The number of carbonyl (C=O) groups excluding carboxylic acids is 1. The van der Waals surface area contributed by atoms with E-state index in [9.17, 15) is 22.4 Å². The Labute approximate surface area is 118 Å². The molecule has 1 amide bonds. The van der Waals surface area contributed by atoms with E-state index in [-0.39, 0.29) is 11.2 Å². The Kier molecular flexibility index (Phi) is 4.11. The van der Waals surface area contributed by atoms with Crippen molar-refractivity contribution in [3.8, 4) is 0 Å². The Hall–Kier alpha value is -2.18. The van der Waals surface area contributed by atoms with Crippen LogP contribution < -0.4 is 5.32 Å². The summed E-state index contributed by atoms with van der Waals surface area (Å²) in [5, 5.41) is 2.81. The standard InChI is InChI=1S/C14H12F4N2O/c1-8(6-14(16,17)18)13(21)20-10-5-9-3-2-4-11(15)12(9)19-7-10/h2-5,7-8H,6H2,1H3,(H,20,21). The number of fused-ring (bicyclic) bond motifs is 1. The number of alkyl halides is 3. The molecule has 1 aromatic carbocycles. The van der Waals surface area contributed by atoms with E-state index in [0.29, 0.717) is 5.39 Å². The van der Waals surface area contributed by atoms with Crippen LogP contribution in [0.5, 0.6) is 0 Å². The van der Waals surface area contributed by atoms with Crippen LogP contribution in [0, 0.1) is 11.7 Å². The maximum atomic E-state index is 13.4. The summed E-state index contributed by atoms with van der Waals surface area (Å²) >= 11 is 0. The first-order chi connectivity index (χ1) is 9.76. The molecule has 0 aliphatic rings. The maximum absolute atomic E-state index is 13.4. The first-order valence-corrected chi connectivity index (χ1v) is 6.18. The molecule has 1 N–H and O–H groups in total. The summed E-state index contributed by atoms with van der Waals surface area (Å²) in [6.07, 6.45) is -4.39. The van der Waals surface area contributed by atoms with Gasteiger partial charge in [0.1, 0.15) is 11.3 Å². The van der Waals surface area contributed by atoms with E-state index in [4.69, 9.17) is 0 Å². The molecule has 0 bridgehead atoms. The van der Waals surface area contributed by atoms with Gasteiger partial charge in [-0.05, 0) is 12.1 Å². The van der Waals surface area contributed by atoms with Gasteiger partial charge < -0.3 is 5.32 Å². The normalized spacial score (nSPS) is 13.2. The highest BCUT2D eigenvalue weighted by Crippen LogP contribution is 2.26. The molecular weight excluding hydrogens is 288 g/mol. The third-order valence-corrected chi connectivity index (χ3v) is 2.91. The summed E-state index contributed by atoms with van der Waals surface area (Å²) < 4.78 is 50.1. The quantitative estimate of drug-likeness (QED) is 0.873. The van der Waals surface area contributed by atoms with Crippen molar-refractivity contribution in [1.29, 1.82) is 0 Å². The highest BCUT2D eigenvalue weighted by molar-refractivity contribution is 5.94. The predicted octanol–water partition coefficient (Wildman–Crippen LogP) is 3.90. The lowest BCUT2D eigenvalue weighted by atomic mass is 10.1. The number of nitrogens with one attached hydrogen (secondary N) is 1. The van der Waals surface area contributed by atoms with E-state index < -0.39 is 30.2 Å². The smallest absolute Gasteiger partial charge is 0.324 e. The van der Waals surface area contributed by atoms with Crippen molar-refractivity contribution in [3.05, 3.63) is 36.3 Å². The fourth-order valence-electron chi connectivity index (χ4n) is 1.90. The lowest BCUT2D eigenvalue weighted by Gasteiger charge is -2.14. The van der Waals surface area contributed by atoms with Gasteiger partial charge in [-0.3, -0.25) is 9.78 Å². The topological polar surface area (TPSA) is 42.0 Å². The minimum absolute atomic E-state index is 0.138. The van der Waals surface area contributed by atoms with Gasteiger partial charge in [0.05, 0.1) is 18.3 Å². The van der Waals surface area contributed by atoms with Gasteiger partial charge in [0, 0.05) is 11.3 Å². The number of aromatic nitrogens is 1. The second kappa shape index (κ2) is 5.67. The van der Waals surface area contributed by atoms with Crippen molar-refractivity contribution in [1.82, 2.24) is 4.98 Å². The van der Waals surface area contributed by atoms with Crippen LogP contribution in [-0.4, -0.2) is 17.1 Å². The molecule has 1 heterocycles. The molecule has 0 spiro atoms. The van der Waals surface area contributed by atoms with Crippen molar-refractivity contribution in [2.75, 3.05) is 5.32 Å². The van der Waals surface area contributed by atoms with Crippen LogP contribution in [-0.2, 0) is 4.79 Å². The number of para-hydroxylation sites is 1. The third kappa shape index (κ3) is 3.90. The minimum Gasteiger partial charge on any atom is -0.324 e. The Bertz CT molecular complexity index is 670. The second-order valence-corrected chi connectivity index (χ2v) is 4.75. The molecule has 0 saturated carbocycles. The maximum Gasteiger partial charge on any atom is 0.389 e. The second-order valence-electron chi connectivity index (χ2n) is 4.75. The molecule has 0 saturated heterocycles. The summed E-state index contributed by atoms with van der Waals surface area (Å²) in [5.41, 5.74) is 0.367. The number of hydrogen-bond donors (Lipinski definition) is 1. The van der Waals surface area contributed by atoms with Crippen LogP contribution in [0.15, 0.2) is 30.5 Å². The number of hydrogen-bond acceptors (Lipinski definition) is 2. The summed E-state index contributed by atoms with van der Waals surface area (Å²) in [7, 11) is 0. The van der Waals surface area contributed by atoms with Crippen molar-refractivity contribution < 1.29 is 22.4 Å². The monoisotopic (exact) mass is 300 g/mol. The van der Waals surface area contributed by atoms with Crippen LogP contribution in [0.25, 0.3) is 10.9 Å². The zero-order valence-electron chi connectivity index (χ0n) is 11.0. The molecule has 0 fully saturated rings. The molecule has 112 valence electrons. The highest BCUT2D eigenvalue weighted by atomic mass is 19.4. The van der Waals surface area contributed by atoms with Gasteiger partial charge in [-0.25, -0.2) is 4.39 Å². The van der Waals surface area contributed by atoms with Crippen molar-refractivity contribution >= 4 is 22.5 Å². The zero-order chi connectivity index (χ0) is 15.6. The first kappa shape index (κ1) is 15.2. The van der Waals surface area contributed by atoms with Gasteiger partial charge in [0.25, 0.3) is 0 Å². The fourth-order valence-corrected chi connectivity index (χ4v) is 1.90. The molecule has 2 aromatic rings. The lowest BCUT2D eigenvalue weighted by Crippen LogP contribution is -2.25. The predicted molar refractivity (Wildman–Crippen MR) is 70.2 cm³/mol. The Balaban J connectivity index is 2.14. The third-order valence-electron chi connectivity index (χ3n) is 2.91. The number of pyridine rings is 1. The molecule has 2 rings (SSSR count). The van der Waals surface area contributed by atoms with Crippen molar-refractivity contribution in [2.45, 2.75) is 19.5 Å². The number of anilines is 1. The van der Waals surface area contributed by atoms with E-state index in [1.54, 1.807) is 6.07 Å². The Morgan fingerprint density at radius 3 is 2.76 bits per heavy atom. The molecule has 1 aromatic heterocycles. The molecule has 21 heavy (non-hydrogen) atoms. The average molecular weight is 300 g/mol. The molecule has 0 aliphatic heterocycles. The summed E-state index contributed by atoms with van der Waals surface area (Å²) in [6, 6.07) is 5.79. The fraction of sp³-hybridized carbons (Fsp3) is 0.286. The van der Waals surface area contributed by atoms with Crippen LogP contribution in [0.4, 0.5) is 23.2 Å². The molecule has 1 atom stereocenters. The number of amides is 1. The number of halogens is 4. The van der Waals surface area contributed by atoms with Crippen LogP contribution in [0.2, 0.25) is 0 Å². The SMILES string of the molecule is CC(CC(F)(F)F)C(=O)Nc1cnc2c(F)cccc2c1. The summed E-state index contributed by atoms with van der Waals surface area (Å²) in [4.78, 5) is 15.5. The zero-order valence-corrected chi connectivity index (χ0v) is 11.0. The van der Waals surface area contributed by atoms with Gasteiger partial charge in [0.15, 0.2) is 0 Å². The molecule has 7 heteroatoms. The molecule has 1 unspecified atom stereocenters. The van der Waals surface area contributed by atoms with Crippen molar-refractivity contribution in [2.24, 2.45) is 5.92 Å². The van der Waals surface area contributed by atoms with Crippen molar-refractivity contribution in [3.63, 3.8) is 0 Å². The minimum atomic E-state index is -4.40.